The van der Waals surface area contributed by atoms with Gasteiger partial charge in [0.1, 0.15) is 12.2 Å². The van der Waals surface area contributed by atoms with Gasteiger partial charge >= 0.3 is 6.18 Å². The van der Waals surface area contributed by atoms with E-state index in [1.165, 1.54) is 16.9 Å². The Morgan fingerprint density at radius 3 is 2.58 bits per heavy atom. The molecule has 1 aromatic carbocycles. The molecule has 4 rings (SSSR count). The predicted octanol–water partition coefficient (Wildman–Crippen LogP) is 3.79. The van der Waals surface area contributed by atoms with E-state index in [0.29, 0.717) is 16.8 Å². The predicted molar refractivity (Wildman–Crippen MR) is 141 cm³/mol. The van der Waals surface area contributed by atoms with Crippen molar-refractivity contribution in [3.05, 3.63) is 64.6 Å². The number of hydrogen-bond acceptors (Lipinski definition) is 7. The fourth-order valence-electron chi connectivity index (χ4n) is 3.96. The van der Waals surface area contributed by atoms with Crippen molar-refractivity contribution in [2.75, 3.05) is 11.1 Å². The molecule has 15 heteroatoms. The molecule has 0 radical (unpaired) electrons. The van der Waals surface area contributed by atoms with Crippen molar-refractivity contribution in [1.82, 2.24) is 20.1 Å². The minimum atomic E-state index is -4.84. The van der Waals surface area contributed by atoms with Crippen LogP contribution in [0.3, 0.4) is 0 Å². The number of amidine groups is 1. The van der Waals surface area contributed by atoms with Gasteiger partial charge in [-0.1, -0.05) is 6.07 Å². The first-order valence-electron chi connectivity index (χ1n) is 12.2. The average molecular weight is 557 g/mol. The molecule has 1 aliphatic carbocycles. The quantitative estimate of drug-likeness (QED) is 0.142. The Bertz CT molecular complexity index is 1490. The van der Waals surface area contributed by atoms with E-state index in [1.54, 1.807) is 25.1 Å². The Labute approximate surface area is 226 Å². The molecule has 6 N–H and O–H groups in total. The van der Waals surface area contributed by atoms with Crippen molar-refractivity contribution >= 4 is 29.0 Å². The lowest BCUT2D eigenvalue weighted by Crippen LogP contribution is -2.40. The van der Waals surface area contributed by atoms with E-state index in [2.05, 4.69) is 36.2 Å². The van der Waals surface area contributed by atoms with E-state index in [0.717, 1.165) is 24.8 Å². The summed E-state index contributed by atoms with van der Waals surface area (Å²) in [6.07, 6.45) is -0.541. The summed E-state index contributed by atoms with van der Waals surface area (Å²) in [5, 5.41) is 19.6. The first-order valence-corrected chi connectivity index (χ1v) is 12.2. The molecule has 1 aliphatic rings. The van der Waals surface area contributed by atoms with E-state index in [4.69, 9.17) is 11.5 Å². The molecule has 1 saturated carbocycles. The zero-order chi connectivity index (χ0) is 29.0. The summed E-state index contributed by atoms with van der Waals surface area (Å²) in [6, 6.07) is 8.15. The molecular weight excluding hydrogens is 529 g/mol. The number of aromatic nitrogens is 3. The third-order valence-corrected chi connectivity index (χ3v) is 6.15. The topological polar surface area (TPSA) is 178 Å². The minimum Gasteiger partial charge on any atom is -0.396 e. The lowest BCUT2D eigenvalue weighted by molar-refractivity contribution is -0.0600. The van der Waals surface area contributed by atoms with Crippen LogP contribution < -0.4 is 22.1 Å². The number of aryl methyl sites for hydroxylation is 2. The monoisotopic (exact) mass is 556 g/mol. The second kappa shape index (κ2) is 11.5. The van der Waals surface area contributed by atoms with Crippen LogP contribution in [0.25, 0.3) is 5.82 Å². The highest BCUT2D eigenvalue weighted by Crippen LogP contribution is 2.26. The molecule has 12 nitrogen and oxygen atoms in total. The van der Waals surface area contributed by atoms with E-state index in [9.17, 15) is 22.8 Å². The SMILES string of the molecule is Cc1cc(C)c(NC(=O)c2cc(CN=NN=C(N)C(F)(F)F)nn2-c2ncccc2N)c(C(=O)NC2CCC2)c1. The Morgan fingerprint density at radius 1 is 1.18 bits per heavy atom. The molecule has 0 unspecified atom stereocenters. The van der Waals surface area contributed by atoms with E-state index < -0.39 is 17.9 Å². The molecule has 0 aliphatic heterocycles. The number of alkyl halides is 3. The van der Waals surface area contributed by atoms with E-state index in [-0.39, 0.29) is 41.4 Å². The maximum atomic E-state index is 13.6. The largest absolute Gasteiger partial charge is 0.450 e. The average Bonchev–Trinajstić information content (AvgIpc) is 3.29. The molecule has 0 bridgehead atoms. The molecule has 0 atom stereocenters. The summed E-state index contributed by atoms with van der Waals surface area (Å²) in [4.78, 5) is 30.8. The summed E-state index contributed by atoms with van der Waals surface area (Å²) in [5.74, 6) is -2.45. The van der Waals surface area contributed by atoms with E-state index >= 15 is 0 Å². The zero-order valence-electron chi connectivity index (χ0n) is 21.7. The van der Waals surface area contributed by atoms with Crippen molar-refractivity contribution in [1.29, 1.82) is 0 Å². The summed E-state index contributed by atoms with van der Waals surface area (Å²) < 4.78 is 38.7. The van der Waals surface area contributed by atoms with Gasteiger partial charge in [-0.25, -0.2) is 9.67 Å². The van der Waals surface area contributed by atoms with Crippen molar-refractivity contribution in [2.45, 2.75) is 51.9 Å². The number of carbonyl (C=O) groups excluding carboxylic acids is 2. The maximum Gasteiger partial charge on any atom is 0.450 e. The number of nitrogens with one attached hydrogen (secondary N) is 2. The zero-order valence-corrected chi connectivity index (χ0v) is 21.7. The second-order valence-electron chi connectivity index (χ2n) is 9.28. The molecular formula is C25H27F3N10O2. The van der Waals surface area contributed by atoms with Gasteiger partial charge in [0.05, 0.1) is 22.6 Å². The van der Waals surface area contributed by atoms with Gasteiger partial charge in [0, 0.05) is 12.2 Å². The van der Waals surface area contributed by atoms with Gasteiger partial charge in [-0.05, 0) is 73.7 Å². The molecule has 2 aromatic heterocycles. The fraction of sp³-hybridized carbons (Fsp3) is 0.320. The Hall–Kier alpha value is -4.82. The van der Waals surface area contributed by atoms with E-state index in [1.807, 2.05) is 13.0 Å². The number of hydrogen-bond donors (Lipinski definition) is 4. The van der Waals surface area contributed by atoms with Gasteiger partial charge in [-0.15, -0.1) is 5.10 Å². The van der Waals surface area contributed by atoms with Crippen LogP contribution in [0.5, 0.6) is 0 Å². The number of benzene rings is 1. The van der Waals surface area contributed by atoms with Crippen LogP contribution in [0.15, 0.2) is 52.0 Å². The normalized spacial score (nSPS) is 14.3. The number of pyridine rings is 1. The molecule has 210 valence electrons. The standard InChI is InChI=1S/C25H27F3N10O2/c1-13-9-14(2)20(17(10-13)22(39)33-15-5-3-6-15)34-23(40)19-11-16(12-32-37-35-24(30)25(26,27)28)36-38(19)21-18(29)7-4-8-31-21/h4,7-11,15H,3,5-6,12,29H2,1-2H3,(H,33,39)(H,34,40)(H2,30,32,35). The smallest absolute Gasteiger partial charge is 0.396 e. The summed E-state index contributed by atoms with van der Waals surface area (Å²) in [6.45, 7) is 3.30. The molecule has 0 saturated heterocycles. The van der Waals surface area contributed by atoms with Gasteiger partial charge < -0.3 is 22.1 Å². The van der Waals surface area contributed by atoms with Gasteiger partial charge in [0.2, 0.25) is 5.84 Å². The first kappa shape index (κ1) is 28.2. The van der Waals surface area contributed by atoms with Crippen LogP contribution in [0.2, 0.25) is 0 Å². The highest BCUT2D eigenvalue weighted by molar-refractivity contribution is 6.09. The number of carbonyl (C=O) groups is 2. The van der Waals surface area contributed by atoms with Crippen LogP contribution in [-0.4, -0.2) is 44.6 Å². The molecule has 3 aromatic rings. The molecule has 40 heavy (non-hydrogen) atoms. The number of rotatable bonds is 8. The summed E-state index contributed by atoms with van der Waals surface area (Å²) in [5.41, 5.74) is 13.4. The van der Waals surface area contributed by atoms with Crippen LogP contribution in [0.1, 0.15) is 56.9 Å². The molecule has 2 heterocycles. The Balaban J connectivity index is 1.66. The lowest BCUT2D eigenvalue weighted by atomic mass is 9.92. The number of nitrogen functional groups attached to an aromatic ring is 1. The van der Waals surface area contributed by atoms with Crippen molar-refractivity contribution < 1.29 is 22.8 Å². The van der Waals surface area contributed by atoms with Gasteiger partial charge in [0.25, 0.3) is 11.8 Å². The maximum absolute atomic E-state index is 13.6. The summed E-state index contributed by atoms with van der Waals surface area (Å²) in [7, 11) is 0. The molecule has 1 fully saturated rings. The molecule has 2 amide bonds. The van der Waals surface area contributed by atoms with Crippen LogP contribution in [0, 0.1) is 13.8 Å². The first-order chi connectivity index (χ1) is 18.9. The molecule has 0 spiro atoms. The lowest BCUT2D eigenvalue weighted by Gasteiger charge is -2.27. The Morgan fingerprint density at radius 2 is 1.93 bits per heavy atom. The third kappa shape index (κ3) is 6.42. The third-order valence-electron chi connectivity index (χ3n) is 6.15. The number of nitrogens with two attached hydrogens (primary N) is 2. The van der Waals surface area contributed by atoms with Gasteiger partial charge in [-0.2, -0.15) is 23.4 Å². The van der Waals surface area contributed by atoms with Gasteiger partial charge in [0.15, 0.2) is 5.82 Å². The highest BCUT2D eigenvalue weighted by atomic mass is 19.4. The minimum absolute atomic E-state index is 0.0146. The van der Waals surface area contributed by atoms with Crippen molar-refractivity contribution in [2.24, 2.45) is 21.2 Å². The van der Waals surface area contributed by atoms with Crippen molar-refractivity contribution in [3.8, 4) is 5.82 Å². The fourth-order valence-corrected chi connectivity index (χ4v) is 3.96. The van der Waals surface area contributed by atoms with Crippen LogP contribution in [-0.2, 0) is 6.54 Å². The Kier molecular flexibility index (Phi) is 8.11. The number of anilines is 2. The van der Waals surface area contributed by atoms with Crippen LogP contribution >= 0.6 is 0 Å². The van der Waals surface area contributed by atoms with Crippen molar-refractivity contribution in [3.63, 3.8) is 0 Å². The number of nitrogens with zero attached hydrogens (tertiary/aromatic N) is 6. The summed E-state index contributed by atoms with van der Waals surface area (Å²) >= 11 is 0. The second-order valence-corrected chi connectivity index (χ2v) is 9.28. The van der Waals surface area contributed by atoms with Gasteiger partial charge in [-0.3, -0.25) is 9.59 Å². The number of amides is 2. The number of halogens is 3. The highest BCUT2D eigenvalue weighted by Gasteiger charge is 2.34. The van der Waals surface area contributed by atoms with Crippen LogP contribution in [0.4, 0.5) is 24.5 Å².